The lowest BCUT2D eigenvalue weighted by Gasteiger charge is -2.24. The Bertz CT molecular complexity index is 2610. The van der Waals surface area contributed by atoms with Crippen molar-refractivity contribution in [3.8, 4) is 0 Å². The predicted octanol–water partition coefficient (Wildman–Crippen LogP) is 6.50. The maximum absolute atomic E-state index is 15.1. The zero-order chi connectivity index (χ0) is 47.0. The number of carbonyl (C=O) groups excluding carboxylic acids is 2. The number of halogens is 4. The molecule has 2 aliphatic heterocycles. The lowest BCUT2D eigenvalue weighted by atomic mass is 9.93. The number of amides is 2. The van der Waals surface area contributed by atoms with Crippen LogP contribution in [0.1, 0.15) is 59.9 Å². The maximum atomic E-state index is 15.1. The Hall–Kier alpha value is -6.52. The van der Waals surface area contributed by atoms with Gasteiger partial charge in [-0.2, -0.15) is 18.4 Å². The van der Waals surface area contributed by atoms with Gasteiger partial charge in [0.2, 0.25) is 12.5 Å². The summed E-state index contributed by atoms with van der Waals surface area (Å²) in [5.41, 5.74) is 7.30. The number of nitrogens with one attached hydrogen (secondary N) is 2. The summed E-state index contributed by atoms with van der Waals surface area (Å²) in [5, 5.41) is 8.41. The number of benzene rings is 2. The summed E-state index contributed by atoms with van der Waals surface area (Å²) in [4.78, 5) is 59.4. The standard InChI is InChI=1S/C21H23F2N3O6S.C20H20F2N6O3/c1-4-8-15(32-33(3,29)30)17-13(2)21(22,23)19(31-17)26-12-11-16(25-20(26)28)24-18(27)14-9-6-5-7-10-14;1-3-7-14(26-27-23)16-12(2)20(21,22)18(31-16)28-11-10-15(25-19(28)30)24-17(29)13-8-5-4-6-9-13/h4-7,9-13,15,17,19H,1,8H2,2-3H3,(H,24,25,27,28);3-6,8-12,14,16,18H,1,7H2,2H3,(H,24,25,29,30)/t13-,15?,17+,19-;12-,14?,16+,18-/m11/s1. The number of anilines is 2. The van der Waals surface area contributed by atoms with E-state index in [-0.39, 0.29) is 24.5 Å². The highest BCUT2D eigenvalue weighted by molar-refractivity contribution is 7.86. The van der Waals surface area contributed by atoms with Gasteiger partial charge in [0.1, 0.15) is 17.7 Å². The second-order valence-electron chi connectivity index (χ2n) is 14.6. The van der Waals surface area contributed by atoms with Crippen LogP contribution in [0.5, 0.6) is 0 Å². The Balaban J connectivity index is 0.000000241. The van der Waals surface area contributed by atoms with Gasteiger partial charge in [0.05, 0.1) is 36.3 Å². The third kappa shape index (κ3) is 11.2. The molecular weight excluding hydrogens is 871 g/mol. The monoisotopic (exact) mass is 913 g/mol. The van der Waals surface area contributed by atoms with E-state index in [1.54, 1.807) is 60.7 Å². The van der Waals surface area contributed by atoms with Crippen molar-refractivity contribution in [2.75, 3.05) is 16.9 Å². The van der Waals surface area contributed by atoms with Gasteiger partial charge >= 0.3 is 11.4 Å². The lowest BCUT2D eigenvalue weighted by molar-refractivity contribution is -0.129. The van der Waals surface area contributed by atoms with Gasteiger partial charge in [0.15, 0.2) is 0 Å². The minimum Gasteiger partial charge on any atom is -0.347 e. The molecule has 8 atom stereocenters. The molecule has 0 spiro atoms. The van der Waals surface area contributed by atoms with Gasteiger partial charge in [-0.25, -0.2) is 27.2 Å². The van der Waals surface area contributed by atoms with E-state index in [1.165, 1.54) is 38.1 Å². The number of hydrogen-bond acceptors (Lipinski definition) is 12. The first-order valence-corrected chi connectivity index (χ1v) is 21.2. The molecule has 2 amide bonds. The number of hydrogen-bond donors (Lipinski definition) is 2. The molecule has 2 aromatic carbocycles. The van der Waals surface area contributed by atoms with Crippen LogP contribution in [-0.4, -0.2) is 81.8 Å². The van der Waals surface area contributed by atoms with Gasteiger partial charge in [0.25, 0.3) is 33.8 Å². The second kappa shape index (κ2) is 20.3. The first kappa shape index (κ1) is 48.5. The fourth-order valence-electron chi connectivity index (χ4n) is 6.92. The molecule has 2 N–H and O–H groups in total. The van der Waals surface area contributed by atoms with E-state index in [9.17, 15) is 36.4 Å². The number of alkyl halides is 4. The SMILES string of the molecule is C=CCC(N=[N+]=[N-])[C@H]1O[C@@H](n2ccc(NC(=O)c3ccccc3)nc2=O)C(F)(F)[C@@H]1C.C=CCC(OS(C)(=O)=O)[C@H]1O[C@@H](n2ccc(NC(=O)c3ccccc3)nc2=O)C(F)(F)[C@@H]1C. The van der Waals surface area contributed by atoms with Crippen LogP contribution in [0.3, 0.4) is 0 Å². The van der Waals surface area contributed by atoms with Crippen molar-refractivity contribution in [2.24, 2.45) is 17.0 Å². The molecule has 2 aromatic heterocycles. The fourth-order valence-corrected chi connectivity index (χ4v) is 7.55. The van der Waals surface area contributed by atoms with Crippen LogP contribution in [-0.2, 0) is 23.8 Å². The molecule has 2 aliphatic rings. The molecule has 0 bridgehead atoms. The summed E-state index contributed by atoms with van der Waals surface area (Å²) in [6.07, 6.45) is -1.95. The van der Waals surface area contributed by atoms with E-state index in [2.05, 4.69) is 43.8 Å². The molecule has 6 rings (SSSR count). The van der Waals surface area contributed by atoms with Gasteiger partial charge in [-0.05, 0) is 54.8 Å². The van der Waals surface area contributed by atoms with Crippen LogP contribution in [0.2, 0.25) is 0 Å². The molecule has 2 fully saturated rings. The Labute approximate surface area is 363 Å². The van der Waals surface area contributed by atoms with Crippen LogP contribution in [0.25, 0.3) is 10.4 Å². The predicted molar refractivity (Wildman–Crippen MR) is 224 cm³/mol. The van der Waals surface area contributed by atoms with Crippen molar-refractivity contribution in [2.45, 2.75) is 75.3 Å². The second-order valence-corrected chi connectivity index (χ2v) is 16.2. The van der Waals surface area contributed by atoms with Crippen LogP contribution in [0.15, 0.2) is 125 Å². The van der Waals surface area contributed by atoms with Crippen LogP contribution in [0, 0.1) is 11.8 Å². The van der Waals surface area contributed by atoms with Gasteiger partial charge in [-0.3, -0.25) is 22.9 Å². The molecule has 0 radical (unpaired) electrons. The highest BCUT2D eigenvalue weighted by atomic mass is 32.2. The Kier molecular flexibility index (Phi) is 15.4. The van der Waals surface area contributed by atoms with Crippen molar-refractivity contribution in [3.05, 3.63) is 153 Å². The highest BCUT2D eigenvalue weighted by Crippen LogP contribution is 2.49. The summed E-state index contributed by atoms with van der Waals surface area (Å²) < 4.78 is 100. The number of azide groups is 1. The number of carbonyl (C=O) groups is 2. The van der Waals surface area contributed by atoms with Crippen LogP contribution >= 0.6 is 0 Å². The quantitative estimate of drug-likeness (QED) is 0.0326. The molecule has 4 aromatic rings. The van der Waals surface area contributed by atoms with Crippen molar-refractivity contribution in [3.63, 3.8) is 0 Å². The van der Waals surface area contributed by atoms with Gasteiger partial charge in [-0.1, -0.05) is 67.5 Å². The summed E-state index contributed by atoms with van der Waals surface area (Å²) in [6.45, 7) is 9.47. The molecule has 0 saturated carbocycles. The van der Waals surface area contributed by atoms with E-state index < -0.39 is 93.8 Å². The van der Waals surface area contributed by atoms with E-state index in [0.29, 0.717) is 20.3 Å². The lowest BCUT2D eigenvalue weighted by Crippen LogP contribution is -2.39. The third-order valence-electron chi connectivity index (χ3n) is 10.2. The van der Waals surface area contributed by atoms with Gasteiger partial charge < -0.3 is 20.1 Å². The average molecular weight is 914 g/mol. The molecule has 64 heavy (non-hydrogen) atoms. The normalized spacial score (nSPS) is 23.0. The molecule has 23 heteroatoms. The fraction of sp³-hybridized carbons (Fsp3) is 0.366. The first-order valence-electron chi connectivity index (χ1n) is 19.3. The topological polar surface area (TPSA) is 239 Å². The number of rotatable bonds is 15. The van der Waals surface area contributed by atoms with Crippen molar-refractivity contribution >= 4 is 33.6 Å². The van der Waals surface area contributed by atoms with Crippen molar-refractivity contribution in [1.82, 2.24) is 19.1 Å². The third-order valence-corrected chi connectivity index (χ3v) is 10.8. The minimum absolute atomic E-state index is 0.0670. The smallest absolute Gasteiger partial charge is 0.347 e. The summed E-state index contributed by atoms with van der Waals surface area (Å²) >= 11 is 0. The largest absolute Gasteiger partial charge is 0.351 e. The highest BCUT2D eigenvalue weighted by Gasteiger charge is 2.61. The van der Waals surface area contributed by atoms with Crippen molar-refractivity contribution in [1.29, 1.82) is 0 Å². The Morgan fingerprint density at radius 2 is 1.23 bits per heavy atom. The van der Waals surface area contributed by atoms with Gasteiger partial charge in [-0.15, -0.1) is 13.2 Å². The zero-order valence-corrected chi connectivity index (χ0v) is 35.2. The molecule has 18 nitrogen and oxygen atoms in total. The molecule has 0 aliphatic carbocycles. The molecule has 2 unspecified atom stereocenters. The number of aromatic nitrogens is 4. The summed E-state index contributed by atoms with van der Waals surface area (Å²) in [6, 6.07) is 17.9. The maximum Gasteiger partial charge on any atom is 0.351 e. The first-order chi connectivity index (χ1) is 30.2. The number of ether oxygens (including phenoxy) is 2. The zero-order valence-electron chi connectivity index (χ0n) is 34.4. The van der Waals surface area contributed by atoms with E-state index in [4.69, 9.17) is 19.2 Å². The Morgan fingerprint density at radius 3 is 1.62 bits per heavy atom. The van der Waals surface area contributed by atoms with Crippen LogP contribution in [0.4, 0.5) is 29.2 Å². The molecule has 4 heterocycles. The summed E-state index contributed by atoms with van der Waals surface area (Å²) in [5.74, 6) is -11.0. The average Bonchev–Trinajstić information content (AvgIpc) is 3.62. The van der Waals surface area contributed by atoms with E-state index >= 15 is 8.78 Å². The molecule has 2 saturated heterocycles. The Morgan fingerprint density at radius 1 is 0.812 bits per heavy atom. The van der Waals surface area contributed by atoms with Crippen LogP contribution < -0.4 is 22.0 Å². The molecule has 340 valence electrons. The van der Waals surface area contributed by atoms with Gasteiger partial charge in [0, 0.05) is 28.4 Å². The summed E-state index contributed by atoms with van der Waals surface area (Å²) in [7, 11) is -3.97. The van der Waals surface area contributed by atoms with E-state index in [1.807, 2.05) is 0 Å². The molecular formula is C41H43F4N9O9S. The van der Waals surface area contributed by atoms with Crippen molar-refractivity contribution < 1.29 is 49.2 Å². The number of nitrogens with zero attached hydrogens (tertiary/aromatic N) is 7. The minimum atomic E-state index is -3.97. The van der Waals surface area contributed by atoms with E-state index in [0.717, 1.165) is 18.6 Å².